The van der Waals surface area contributed by atoms with Crippen LogP contribution in [0.1, 0.15) is 46.0 Å². The largest absolute Gasteiger partial charge is 0.494 e. The summed E-state index contributed by atoms with van der Waals surface area (Å²) < 4.78 is 49.2. The van der Waals surface area contributed by atoms with Crippen LogP contribution in [0.2, 0.25) is 5.02 Å². The highest BCUT2D eigenvalue weighted by Gasteiger charge is 2.34. The van der Waals surface area contributed by atoms with E-state index < -0.39 is 11.7 Å². The first-order chi connectivity index (χ1) is 22.8. The molecule has 0 bridgehead atoms. The van der Waals surface area contributed by atoms with E-state index in [9.17, 15) is 13.2 Å². The van der Waals surface area contributed by atoms with Crippen molar-refractivity contribution < 1.29 is 17.9 Å². The second kappa shape index (κ2) is 16.6. The Hall–Kier alpha value is -4.11. The maximum atomic E-state index is 13.7. The lowest BCUT2D eigenvalue weighted by Crippen LogP contribution is -2.31. The zero-order chi connectivity index (χ0) is 33.1. The van der Waals surface area contributed by atoms with Crippen molar-refractivity contribution in [1.29, 1.82) is 0 Å². The second-order valence-corrected chi connectivity index (χ2v) is 12.0. The summed E-state index contributed by atoms with van der Waals surface area (Å²) in [5.41, 5.74) is 3.09. The number of alkyl halides is 3. The van der Waals surface area contributed by atoms with Crippen LogP contribution in [-0.4, -0.2) is 40.7 Å². The van der Waals surface area contributed by atoms with E-state index >= 15 is 0 Å². The summed E-state index contributed by atoms with van der Waals surface area (Å²) in [5, 5.41) is 3.19. The molecule has 0 amide bonds. The lowest BCUT2D eigenvalue weighted by atomic mass is 9.90. The molecule has 246 valence electrons. The molecule has 1 aromatic heterocycles. The number of nitrogens with zero attached hydrogens (tertiary/aromatic N) is 3. The van der Waals surface area contributed by atoms with Crippen LogP contribution in [-0.2, 0) is 32.7 Å². The molecule has 5 nitrogen and oxygen atoms in total. The Kier molecular flexibility index (Phi) is 12.1. The number of benzene rings is 4. The zero-order valence-electron chi connectivity index (χ0n) is 26.5. The van der Waals surface area contributed by atoms with E-state index in [2.05, 4.69) is 51.6 Å². The van der Waals surface area contributed by atoms with Crippen molar-refractivity contribution in [2.24, 2.45) is 7.05 Å². The fourth-order valence-corrected chi connectivity index (χ4v) is 5.99. The standard InChI is InChI=1S/C38H40ClF3N4O/c1-45-23-21-44-36(45)26-43-20-19-29-11-8-17-33(25-29)47-24-10-22-46(27-32-16-9-18-35(37(32)39)38(40,41)42)28-34(30-12-4-2-5-13-30)31-14-6-3-7-15-31/h2-9,11-18,21,23,25,34,43H,10,19-20,22,24,26-28H2,1H3. The van der Waals surface area contributed by atoms with E-state index in [1.54, 1.807) is 12.3 Å². The van der Waals surface area contributed by atoms with Crippen LogP contribution in [0, 0.1) is 0 Å². The first-order valence-corrected chi connectivity index (χ1v) is 16.2. The number of halogens is 4. The zero-order valence-corrected chi connectivity index (χ0v) is 27.2. The molecule has 0 atom stereocenters. The van der Waals surface area contributed by atoms with E-state index in [4.69, 9.17) is 16.3 Å². The Morgan fingerprint density at radius 3 is 2.28 bits per heavy atom. The van der Waals surface area contributed by atoms with E-state index in [0.717, 1.165) is 41.7 Å². The van der Waals surface area contributed by atoms with Crippen molar-refractivity contribution in [3.05, 3.63) is 154 Å². The Labute approximate surface area is 280 Å². The predicted octanol–water partition coefficient (Wildman–Crippen LogP) is 8.53. The third kappa shape index (κ3) is 9.94. The number of nitrogens with one attached hydrogen (secondary N) is 1. The van der Waals surface area contributed by atoms with E-state index in [0.29, 0.717) is 38.2 Å². The summed E-state index contributed by atoms with van der Waals surface area (Å²) in [4.78, 5) is 6.52. The average molecular weight is 661 g/mol. The van der Waals surface area contributed by atoms with Gasteiger partial charge in [-0.15, -0.1) is 0 Å². The van der Waals surface area contributed by atoms with Crippen molar-refractivity contribution >= 4 is 11.6 Å². The van der Waals surface area contributed by atoms with Crippen LogP contribution in [0.15, 0.2) is 116 Å². The van der Waals surface area contributed by atoms with Gasteiger partial charge in [0.15, 0.2) is 0 Å². The fraction of sp³-hybridized carbons (Fsp3) is 0.289. The summed E-state index contributed by atoms with van der Waals surface area (Å²) in [6, 6.07) is 32.6. The van der Waals surface area contributed by atoms with Crippen LogP contribution in [0.3, 0.4) is 0 Å². The summed E-state index contributed by atoms with van der Waals surface area (Å²) >= 11 is 6.36. The maximum Gasteiger partial charge on any atom is 0.417 e. The molecule has 1 N–H and O–H groups in total. The molecule has 5 aromatic rings. The smallest absolute Gasteiger partial charge is 0.417 e. The second-order valence-electron chi connectivity index (χ2n) is 11.6. The molecule has 0 radical (unpaired) electrons. The van der Waals surface area contributed by atoms with Crippen molar-refractivity contribution in [2.75, 3.05) is 26.2 Å². The summed E-state index contributed by atoms with van der Waals surface area (Å²) in [7, 11) is 1.98. The SMILES string of the molecule is Cn1ccnc1CNCCc1cccc(OCCCN(Cc2cccc(C(F)(F)F)c2Cl)CC(c2ccccc2)c2ccccc2)c1. The van der Waals surface area contributed by atoms with Gasteiger partial charge in [-0.05, 0) is 59.8 Å². The van der Waals surface area contributed by atoms with Gasteiger partial charge in [-0.3, -0.25) is 4.90 Å². The van der Waals surface area contributed by atoms with E-state index in [1.165, 1.54) is 11.6 Å². The first-order valence-electron chi connectivity index (χ1n) is 15.8. The molecule has 0 saturated heterocycles. The monoisotopic (exact) mass is 660 g/mol. The number of imidazole rings is 1. The van der Waals surface area contributed by atoms with Gasteiger partial charge in [0, 0.05) is 45.0 Å². The number of aromatic nitrogens is 2. The molecule has 47 heavy (non-hydrogen) atoms. The molecule has 0 aliphatic carbocycles. The van der Waals surface area contributed by atoms with Crippen LogP contribution < -0.4 is 10.1 Å². The molecule has 9 heteroatoms. The lowest BCUT2D eigenvalue weighted by Gasteiger charge is -2.29. The number of ether oxygens (including phenoxy) is 1. The van der Waals surface area contributed by atoms with Gasteiger partial charge in [0.1, 0.15) is 11.6 Å². The molecule has 1 heterocycles. The quantitative estimate of drug-likeness (QED) is 0.108. The highest BCUT2D eigenvalue weighted by Crippen LogP contribution is 2.37. The molecular formula is C38H40ClF3N4O. The fourth-order valence-electron chi connectivity index (χ4n) is 5.70. The number of hydrogen-bond donors (Lipinski definition) is 1. The molecule has 0 aliphatic heterocycles. The first kappa shape index (κ1) is 34.2. The minimum Gasteiger partial charge on any atom is -0.494 e. The van der Waals surface area contributed by atoms with Crippen LogP contribution in [0.25, 0.3) is 0 Å². The van der Waals surface area contributed by atoms with E-state index in [1.807, 2.05) is 66.3 Å². The molecule has 0 spiro atoms. The Morgan fingerprint density at radius 1 is 0.915 bits per heavy atom. The third-order valence-corrected chi connectivity index (χ3v) is 8.65. The summed E-state index contributed by atoms with van der Waals surface area (Å²) in [6.07, 6.45) is 0.743. The highest BCUT2D eigenvalue weighted by molar-refractivity contribution is 6.32. The van der Waals surface area contributed by atoms with Gasteiger partial charge in [-0.1, -0.05) is 96.5 Å². The molecular weight excluding hydrogens is 621 g/mol. The van der Waals surface area contributed by atoms with Crippen molar-refractivity contribution in [3.63, 3.8) is 0 Å². The molecule has 0 saturated carbocycles. The van der Waals surface area contributed by atoms with Gasteiger partial charge in [0.05, 0.1) is 23.7 Å². The van der Waals surface area contributed by atoms with Gasteiger partial charge < -0.3 is 14.6 Å². The summed E-state index contributed by atoms with van der Waals surface area (Å²) in [6.45, 7) is 3.47. The third-order valence-electron chi connectivity index (χ3n) is 8.20. The minimum atomic E-state index is -4.52. The Balaban J connectivity index is 1.24. The van der Waals surface area contributed by atoms with Gasteiger partial charge in [0.2, 0.25) is 0 Å². The highest BCUT2D eigenvalue weighted by atomic mass is 35.5. The van der Waals surface area contributed by atoms with Gasteiger partial charge in [0.25, 0.3) is 0 Å². The minimum absolute atomic E-state index is 0.0191. The Morgan fingerprint density at radius 2 is 1.62 bits per heavy atom. The van der Waals surface area contributed by atoms with Crippen molar-refractivity contribution in [3.8, 4) is 5.75 Å². The van der Waals surface area contributed by atoms with Crippen molar-refractivity contribution in [1.82, 2.24) is 19.8 Å². The lowest BCUT2D eigenvalue weighted by molar-refractivity contribution is -0.137. The average Bonchev–Trinajstić information content (AvgIpc) is 3.49. The topological polar surface area (TPSA) is 42.3 Å². The van der Waals surface area contributed by atoms with Gasteiger partial charge in [-0.2, -0.15) is 13.2 Å². The van der Waals surface area contributed by atoms with Crippen LogP contribution in [0.4, 0.5) is 13.2 Å². The molecule has 5 rings (SSSR count). The number of hydrogen-bond acceptors (Lipinski definition) is 4. The number of rotatable bonds is 16. The molecule has 0 unspecified atom stereocenters. The van der Waals surface area contributed by atoms with Crippen LogP contribution >= 0.6 is 11.6 Å². The maximum absolute atomic E-state index is 13.7. The molecule has 0 fully saturated rings. The summed E-state index contributed by atoms with van der Waals surface area (Å²) in [5.74, 6) is 1.81. The van der Waals surface area contributed by atoms with Gasteiger partial charge in [-0.25, -0.2) is 4.98 Å². The van der Waals surface area contributed by atoms with E-state index in [-0.39, 0.29) is 17.5 Å². The van der Waals surface area contributed by atoms with Crippen LogP contribution in [0.5, 0.6) is 5.75 Å². The predicted molar refractivity (Wildman–Crippen MR) is 182 cm³/mol. The molecule has 4 aromatic carbocycles. The van der Waals surface area contributed by atoms with Gasteiger partial charge >= 0.3 is 6.18 Å². The molecule has 0 aliphatic rings. The normalized spacial score (nSPS) is 11.8. The number of aryl methyl sites for hydroxylation is 1. The Bertz CT molecular complexity index is 1640. The van der Waals surface area contributed by atoms with Crippen molar-refractivity contribution in [2.45, 2.75) is 38.0 Å².